The average Bonchev–Trinajstić information content (AvgIpc) is 2.58. The lowest BCUT2D eigenvalue weighted by atomic mass is 10.0. The van der Waals surface area contributed by atoms with Gasteiger partial charge in [0.15, 0.2) is 0 Å². The highest BCUT2D eigenvalue weighted by Gasteiger charge is 2.19. The SMILES string of the molecule is Cc1cccc(C)c1CN1CC[C@@H](N)C1.Cl. The molecule has 2 rings (SSSR count). The molecule has 16 heavy (non-hydrogen) atoms. The molecule has 1 aliphatic heterocycles. The Bertz CT molecular complexity index is 332. The molecular weight excluding hydrogens is 220 g/mol. The molecule has 0 unspecified atom stereocenters. The summed E-state index contributed by atoms with van der Waals surface area (Å²) >= 11 is 0. The van der Waals surface area contributed by atoms with Gasteiger partial charge in [-0.3, -0.25) is 4.90 Å². The number of aryl methyl sites for hydroxylation is 2. The first-order valence-electron chi connectivity index (χ1n) is 5.70. The zero-order chi connectivity index (χ0) is 10.8. The maximum atomic E-state index is 5.91. The van der Waals surface area contributed by atoms with Crippen molar-refractivity contribution in [1.82, 2.24) is 4.90 Å². The van der Waals surface area contributed by atoms with Crippen LogP contribution in [0.4, 0.5) is 0 Å². The van der Waals surface area contributed by atoms with Crippen LogP contribution in [0.3, 0.4) is 0 Å². The minimum Gasteiger partial charge on any atom is -0.326 e. The van der Waals surface area contributed by atoms with Gasteiger partial charge in [-0.15, -0.1) is 12.4 Å². The highest BCUT2D eigenvalue weighted by atomic mass is 35.5. The van der Waals surface area contributed by atoms with Crippen LogP contribution in [0.2, 0.25) is 0 Å². The lowest BCUT2D eigenvalue weighted by Crippen LogP contribution is -2.26. The molecule has 90 valence electrons. The largest absolute Gasteiger partial charge is 0.326 e. The van der Waals surface area contributed by atoms with Crippen LogP contribution in [-0.4, -0.2) is 24.0 Å². The molecule has 1 aromatic rings. The van der Waals surface area contributed by atoms with E-state index in [1.807, 2.05) is 0 Å². The van der Waals surface area contributed by atoms with Gasteiger partial charge in [-0.05, 0) is 37.0 Å². The normalized spacial score (nSPS) is 20.8. The molecule has 0 amide bonds. The number of halogens is 1. The van der Waals surface area contributed by atoms with Gasteiger partial charge in [0.05, 0.1) is 0 Å². The predicted octanol–water partition coefficient (Wildman–Crippen LogP) is 2.26. The molecule has 0 saturated carbocycles. The molecule has 3 heteroatoms. The molecule has 0 spiro atoms. The van der Waals surface area contributed by atoms with Crippen molar-refractivity contribution in [3.05, 3.63) is 34.9 Å². The molecule has 0 aromatic heterocycles. The average molecular weight is 241 g/mol. The Morgan fingerprint density at radius 3 is 2.44 bits per heavy atom. The highest BCUT2D eigenvalue weighted by Crippen LogP contribution is 2.18. The van der Waals surface area contributed by atoms with E-state index in [4.69, 9.17) is 5.73 Å². The first kappa shape index (κ1) is 13.5. The van der Waals surface area contributed by atoms with Crippen LogP contribution in [0.25, 0.3) is 0 Å². The van der Waals surface area contributed by atoms with Crippen LogP contribution in [0.5, 0.6) is 0 Å². The van der Waals surface area contributed by atoms with E-state index in [9.17, 15) is 0 Å². The van der Waals surface area contributed by atoms with Gasteiger partial charge < -0.3 is 5.73 Å². The Kier molecular flexibility index (Phi) is 4.78. The fraction of sp³-hybridized carbons (Fsp3) is 0.538. The number of likely N-dealkylation sites (tertiary alicyclic amines) is 1. The topological polar surface area (TPSA) is 29.3 Å². The minimum absolute atomic E-state index is 0. The molecule has 2 N–H and O–H groups in total. The fourth-order valence-corrected chi connectivity index (χ4v) is 2.33. The molecule has 0 radical (unpaired) electrons. The van der Waals surface area contributed by atoms with E-state index in [2.05, 4.69) is 36.9 Å². The summed E-state index contributed by atoms with van der Waals surface area (Å²) in [5.74, 6) is 0. The fourth-order valence-electron chi connectivity index (χ4n) is 2.33. The Hall–Kier alpha value is -0.570. The third-order valence-corrected chi connectivity index (χ3v) is 3.34. The standard InChI is InChI=1S/C13H20N2.ClH/c1-10-4-3-5-11(2)13(10)9-15-7-6-12(14)8-15;/h3-5,12H,6-9,14H2,1-2H3;1H/t12-;/m1./s1. The molecule has 1 heterocycles. The van der Waals surface area contributed by atoms with Crippen molar-refractivity contribution >= 4 is 12.4 Å². The van der Waals surface area contributed by atoms with E-state index in [0.717, 1.165) is 26.1 Å². The second-order valence-electron chi connectivity index (χ2n) is 4.65. The molecule has 1 fully saturated rings. The van der Waals surface area contributed by atoms with Gasteiger partial charge in [-0.25, -0.2) is 0 Å². The van der Waals surface area contributed by atoms with E-state index in [1.54, 1.807) is 0 Å². The quantitative estimate of drug-likeness (QED) is 0.859. The maximum Gasteiger partial charge on any atom is 0.0239 e. The van der Waals surface area contributed by atoms with Crippen LogP contribution >= 0.6 is 12.4 Å². The summed E-state index contributed by atoms with van der Waals surface area (Å²) in [7, 11) is 0. The molecule has 1 saturated heterocycles. The van der Waals surface area contributed by atoms with Crippen molar-refractivity contribution in [3.63, 3.8) is 0 Å². The molecule has 0 aliphatic carbocycles. The van der Waals surface area contributed by atoms with Gasteiger partial charge in [0.25, 0.3) is 0 Å². The molecular formula is C13H21ClN2. The van der Waals surface area contributed by atoms with Crippen molar-refractivity contribution < 1.29 is 0 Å². The molecule has 2 nitrogen and oxygen atoms in total. The first-order chi connectivity index (χ1) is 7.16. The number of hydrogen-bond donors (Lipinski definition) is 1. The second-order valence-corrected chi connectivity index (χ2v) is 4.65. The zero-order valence-electron chi connectivity index (χ0n) is 10.1. The van der Waals surface area contributed by atoms with Crippen molar-refractivity contribution in [3.8, 4) is 0 Å². The number of nitrogens with two attached hydrogens (primary N) is 1. The van der Waals surface area contributed by atoms with Crippen molar-refractivity contribution in [2.45, 2.75) is 32.9 Å². The Balaban J connectivity index is 0.00000128. The van der Waals surface area contributed by atoms with Crippen LogP contribution in [-0.2, 0) is 6.54 Å². The Morgan fingerprint density at radius 1 is 1.31 bits per heavy atom. The summed E-state index contributed by atoms with van der Waals surface area (Å²) in [4.78, 5) is 2.46. The lowest BCUT2D eigenvalue weighted by molar-refractivity contribution is 0.325. The Labute approximate surface area is 104 Å². The van der Waals surface area contributed by atoms with Gasteiger partial charge in [0.2, 0.25) is 0 Å². The predicted molar refractivity (Wildman–Crippen MR) is 71.0 cm³/mol. The smallest absolute Gasteiger partial charge is 0.0239 e. The number of rotatable bonds is 2. The van der Waals surface area contributed by atoms with Crippen LogP contribution in [0.1, 0.15) is 23.1 Å². The molecule has 1 aliphatic rings. The number of hydrogen-bond acceptors (Lipinski definition) is 2. The Morgan fingerprint density at radius 2 is 1.94 bits per heavy atom. The van der Waals surface area contributed by atoms with E-state index in [1.165, 1.54) is 16.7 Å². The molecule has 0 bridgehead atoms. The van der Waals surface area contributed by atoms with Gasteiger partial charge >= 0.3 is 0 Å². The van der Waals surface area contributed by atoms with Crippen LogP contribution < -0.4 is 5.73 Å². The van der Waals surface area contributed by atoms with Gasteiger partial charge in [-0.2, -0.15) is 0 Å². The first-order valence-corrected chi connectivity index (χ1v) is 5.70. The lowest BCUT2D eigenvalue weighted by Gasteiger charge is -2.18. The minimum atomic E-state index is 0. The van der Waals surface area contributed by atoms with Gasteiger partial charge in [-0.1, -0.05) is 18.2 Å². The maximum absolute atomic E-state index is 5.91. The van der Waals surface area contributed by atoms with Crippen molar-refractivity contribution in [2.75, 3.05) is 13.1 Å². The van der Waals surface area contributed by atoms with E-state index in [0.29, 0.717) is 6.04 Å². The van der Waals surface area contributed by atoms with Gasteiger partial charge in [0.1, 0.15) is 0 Å². The van der Waals surface area contributed by atoms with E-state index in [-0.39, 0.29) is 12.4 Å². The summed E-state index contributed by atoms with van der Waals surface area (Å²) in [6.45, 7) is 7.64. The van der Waals surface area contributed by atoms with E-state index >= 15 is 0 Å². The summed E-state index contributed by atoms with van der Waals surface area (Å²) in [5.41, 5.74) is 10.2. The summed E-state index contributed by atoms with van der Waals surface area (Å²) < 4.78 is 0. The summed E-state index contributed by atoms with van der Waals surface area (Å²) in [6, 6.07) is 6.90. The zero-order valence-corrected chi connectivity index (χ0v) is 10.9. The van der Waals surface area contributed by atoms with Crippen molar-refractivity contribution in [1.29, 1.82) is 0 Å². The third-order valence-electron chi connectivity index (χ3n) is 3.34. The molecule has 1 atom stereocenters. The monoisotopic (exact) mass is 240 g/mol. The van der Waals surface area contributed by atoms with Crippen LogP contribution in [0.15, 0.2) is 18.2 Å². The second kappa shape index (κ2) is 5.67. The van der Waals surface area contributed by atoms with Gasteiger partial charge in [0, 0.05) is 25.7 Å². The van der Waals surface area contributed by atoms with Crippen LogP contribution in [0, 0.1) is 13.8 Å². The third kappa shape index (κ3) is 2.97. The number of benzene rings is 1. The molecule has 1 aromatic carbocycles. The van der Waals surface area contributed by atoms with Crippen molar-refractivity contribution in [2.24, 2.45) is 5.73 Å². The highest BCUT2D eigenvalue weighted by molar-refractivity contribution is 5.85. The summed E-state index contributed by atoms with van der Waals surface area (Å²) in [6.07, 6.45) is 1.14. The van der Waals surface area contributed by atoms with E-state index < -0.39 is 0 Å². The number of nitrogens with zero attached hydrogens (tertiary/aromatic N) is 1. The summed E-state index contributed by atoms with van der Waals surface area (Å²) in [5, 5.41) is 0.